The van der Waals surface area contributed by atoms with Crippen LogP contribution in [-0.2, 0) is 0 Å². The molecule has 0 unspecified atom stereocenters. The van der Waals surface area contributed by atoms with E-state index in [0.29, 0.717) is 23.3 Å². The van der Waals surface area contributed by atoms with Crippen molar-refractivity contribution in [1.82, 2.24) is 9.97 Å². The maximum Gasteiger partial charge on any atom is 0.328 e. The summed E-state index contributed by atoms with van der Waals surface area (Å²) >= 11 is 0. The zero-order valence-electron chi connectivity index (χ0n) is 11.6. The fourth-order valence-corrected chi connectivity index (χ4v) is 3.76. The highest BCUT2D eigenvalue weighted by Gasteiger charge is 2.47. The molecule has 0 amide bonds. The van der Waals surface area contributed by atoms with E-state index in [9.17, 15) is 9.59 Å². The first kappa shape index (κ1) is 12.5. The van der Waals surface area contributed by atoms with Gasteiger partial charge in [-0.1, -0.05) is 13.3 Å². The average molecular weight is 264 g/mol. The lowest BCUT2D eigenvalue weighted by Crippen LogP contribution is -2.49. The fraction of sp³-hybridized carbons (Fsp3) is 0.714. The van der Waals surface area contributed by atoms with Crippen LogP contribution in [0.2, 0.25) is 0 Å². The summed E-state index contributed by atoms with van der Waals surface area (Å²) in [6.07, 6.45) is 3.22. The van der Waals surface area contributed by atoms with Crippen molar-refractivity contribution in [2.75, 3.05) is 0 Å². The van der Waals surface area contributed by atoms with Crippen molar-refractivity contribution < 1.29 is 4.74 Å². The van der Waals surface area contributed by atoms with Crippen molar-refractivity contribution >= 4 is 0 Å². The van der Waals surface area contributed by atoms with E-state index in [4.69, 9.17) is 4.74 Å². The van der Waals surface area contributed by atoms with Crippen LogP contribution in [0.25, 0.3) is 0 Å². The van der Waals surface area contributed by atoms with Crippen LogP contribution in [0.5, 0.6) is 5.88 Å². The van der Waals surface area contributed by atoms with Gasteiger partial charge in [-0.05, 0) is 32.6 Å². The van der Waals surface area contributed by atoms with E-state index in [2.05, 4.69) is 16.9 Å². The van der Waals surface area contributed by atoms with Gasteiger partial charge in [0.05, 0.1) is 5.56 Å². The minimum Gasteiger partial charge on any atom is -0.472 e. The molecule has 5 heteroatoms. The van der Waals surface area contributed by atoms with E-state index in [1.54, 1.807) is 0 Å². The Labute approximate surface area is 111 Å². The maximum absolute atomic E-state index is 12.1. The van der Waals surface area contributed by atoms with E-state index < -0.39 is 5.69 Å². The number of hydrogen-bond acceptors (Lipinski definition) is 3. The number of rotatable bonds is 0. The summed E-state index contributed by atoms with van der Waals surface area (Å²) in [5.74, 6) is 1.50. The van der Waals surface area contributed by atoms with Crippen molar-refractivity contribution in [1.29, 1.82) is 0 Å². The van der Waals surface area contributed by atoms with Gasteiger partial charge in [-0.3, -0.25) is 14.8 Å². The second kappa shape index (κ2) is 3.99. The van der Waals surface area contributed by atoms with Gasteiger partial charge < -0.3 is 4.74 Å². The summed E-state index contributed by atoms with van der Waals surface area (Å²) in [5, 5.41) is 0. The van der Waals surface area contributed by atoms with Gasteiger partial charge in [0.2, 0.25) is 5.88 Å². The zero-order chi connectivity index (χ0) is 13.8. The summed E-state index contributed by atoms with van der Waals surface area (Å²) in [4.78, 5) is 28.5. The largest absolute Gasteiger partial charge is 0.472 e. The van der Waals surface area contributed by atoms with Crippen molar-refractivity contribution in [2.45, 2.75) is 51.6 Å². The third-order valence-corrected chi connectivity index (χ3v) is 4.68. The molecule has 3 rings (SSSR count). The molecule has 0 radical (unpaired) electrons. The molecule has 0 saturated heterocycles. The average Bonchev–Trinajstić information content (AvgIpc) is 2.25. The molecule has 1 aromatic rings. The molecule has 1 aromatic heterocycles. The Morgan fingerprint density at radius 1 is 1.21 bits per heavy atom. The number of aromatic amines is 2. The molecular formula is C14H20N2O3. The van der Waals surface area contributed by atoms with Gasteiger partial charge in [0.25, 0.3) is 5.56 Å². The molecule has 19 heavy (non-hydrogen) atoms. The first-order valence-electron chi connectivity index (χ1n) is 6.94. The van der Waals surface area contributed by atoms with Gasteiger partial charge in [0.1, 0.15) is 5.60 Å². The monoisotopic (exact) mass is 264 g/mol. The van der Waals surface area contributed by atoms with Crippen molar-refractivity contribution in [3.63, 3.8) is 0 Å². The molecule has 1 aliphatic heterocycles. The highest BCUT2D eigenvalue weighted by atomic mass is 16.5. The smallest absolute Gasteiger partial charge is 0.328 e. The van der Waals surface area contributed by atoms with E-state index in [0.717, 1.165) is 12.8 Å². The van der Waals surface area contributed by atoms with Crippen molar-refractivity contribution in [3.8, 4) is 5.88 Å². The van der Waals surface area contributed by atoms with Gasteiger partial charge >= 0.3 is 5.69 Å². The second-order valence-electron chi connectivity index (χ2n) is 6.49. The number of nitrogens with one attached hydrogen (secondary N) is 2. The maximum atomic E-state index is 12.1. The Hall–Kier alpha value is -1.52. The number of hydrogen-bond donors (Lipinski definition) is 2. The Morgan fingerprint density at radius 3 is 2.68 bits per heavy atom. The summed E-state index contributed by atoms with van der Waals surface area (Å²) in [7, 11) is 0. The lowest BCUT2D eigenvalue weighted by molar-refractivity contribution is -0.0187. The highest BCUT2D eigenvalue weighted by molar-refractivity contribution is 5.32. The molecule has 104 valence electrons. The van der Waals surface area contributed by atoms with Gasteiger partial charge in [-0.15, -0.1) is 0 Å². The summed E-state index contributed by atoms with van der Waals surface area (Å²) in [5.41, 5.74) is -0.496. The van der Waals surface area contributed by atoms with E-state index in [-0.39, 0.29) is 17.1 Å². The molecule has 2 aliphatic rings. The van der Waals surface area contributed by atoms with Gasteiger partial charge in [-0.2, -0.15) is 0 Å². The van der Waals surface area contributed by atoms with Crippen LogP contribution in [0.4, 0.5) is 0 Å². The predicted octanol–water partition coefficient (Wildman–Crippen LogP) is 1.75. The minimum absolute atomic E-state index is 0.183. The SMILES string of the molecule is C[C@H]1CC[C@@H]2[C@@H](C1)c1c([nH]c(=O)[nH]c1=O)OC2(C)C. The Morgan fingerprint density at radius 2 is 1.95 bits per heavy atom. The molecule has 1 saturated carbocycles. The molecule has 5 nitrogen and oxygen atoms in total. The molecule has 0 aromatic carbocycles. The normalized spacial score (nSPS) is 32.1. The number of H-pyrrole nitrogens is 2. The third-order valence-electron chi connectivity index (χ3n) is 4.68. The molecule has 1 aliphatic carbocycles. The molecule has 3 atom stereocenters. The standard InChI is InChI=1S/C14H20N2O3/c1-7-4-5-9-8(6-7)10-11(17)15-13(18)16-12(10)19-14(9,2)3/h7-9H,4-6H2,1-3H3,(H2,15,16,17,18)/t7-,8+,9+/m0/s1. The van der Waals surface area contributed by atoms with Crippen molar-refractivity contribution in [2.24, 2.45) is 11.8 Å². The minimum atomic E-state index is -0.498. The highest BCUT2D eigenvalue weighted by Crippen LogP contribution is 2.50. The first-order valence-corrected chi connectivity index (χ1v) is 6.94. The summed E-state index contributed by atoms with van der Waals surface area (Å²) in [6.45, 7) is 6.31. The van der Waals surface area contributed by atoms with Gasteiger partial charge in [-0.25, -0.2) is 4.79 Å². The van der Waals surface area contributed by atoms with Crippen LogP contribution >= 0.6 is 0 Å². The van der Waals surface area contributed by atoms with Crippen LogP contribution < -0.4 is 16.0 Å². The second-order valence-corrected chi connectivity index (χ2v) is 6.49. The molecular weight excluding hydrogens is 244 g/mol. The Bertz CT molecular complexity index is 614. The molecule has 0 spiro atoms. The Balaban J connectivity index is 2.18. The van der Waals surface area contributed by atoms with E-state index in [1.165, 1.54) is 6.42 Å². The predicted molar refractivity (Wildman–Crippen MR) is 71.6 cm³/mol. The topological polar surface area (TPSA) is 75.0 Å². The lowest BCUT2D eigenvalue weighted by Gasteiger charge is -2.47. The van der Waals surface area contributed by atoms with Gasteiger partial charge in [0, 0.05) is 11.8 Å². The third kappa shape index (κ3) is 1.91. The Kier molecular flexibility index (Phi) is 2.62. The fourth-order valence-electron chi connectivity index (χ4n) is 3.76. The van der Waals surface area contributed by atoms with E-state index >= 15 is 0 Å². The quantitative estimate of drug-likeness (QED) is 0.749. The van der Waals surface area contributed by atoms with Crippen LogP contribution in [0, 0.1) is 11.8 Å². The van der Waals surface area contributed by atoms with Crippen molar-refractivity contribution in [3.05, 3.63) is 26.4 Å². The first-order chi connectivity index (χ1) is 8.88. The van der Waals surface area contributed by atoms with Crippen LogP contribution in [-0.4, -0.2) is 15.6 Å². The number of ether oxygens (including phenoxy) is 1. The molecule has 1 fully saturated rings. The summed E-state index contributed by atoms with van der Waals surface area (Å²) in [6, 6.07) is 0. The zero-order valence-corrected chi connectivity index (χ0v) is 11.6. The van der Waals surface area contributed by atoms with Gasteiger partial charge in [0.15, 0.2) is 0 Å². The number of aromatic nitrogens is 2. The number of fused-ring (bicyclic) bond motifs is 3. The van der Waals surface area contributed by atoms with Crippen LogP contribution in [0.3, 0.4) is 0 Å². The molecule has 2 N–H and O–H groups in total. The summed E-state index contributed by atoms with van der Waals surface area (Å²) < 4.78 is 5.91. The van der Waals surface area contributed by atoms with E-state index in [1.807, 2.05) is 13.8 Å². The van der Waals surface area contributed by atoms with Crippen LogP contribution in [0.1, 0.15) is 51.5 Å². The molecule has 0 bridgehead atoms. The lowest BCUT2D eigenvalue weighted by atomic mass is 9.65. The van der Waals surface area contributed by atoms with Crippen LogP contribution in [0.15, 0.2) is 9.59 Å². The molecule has 2 heterocycles.